The van der Waals surface area contributed by atoms with Crippen molar-refractivity contribution < 1.29 is 5.11 Å². The average Bonchev–Trinajstić information content (AvgIpc) is 2.34. The van der Waals surface area contributed by atoms with E-state index < -0.39 is 5.60 Å². The molecule has 2 nitrogen and oxygen atoms in total. The van der Waals surface area contributed by atoms with Crippen molar-refractivity contribution in [3.63, 3.8) is 0 Å². The van der Waals surface area contributed by atoms with E-state index >= 15 is 0 Å². The molecule has 102 valence electrons. The van der Waals surface area contributed by atoms with E-state index in [0.717, 1.165) is 30.8 Å². The van der Waals surface area contributed by atoms with E-state index in [4.69, 9.17) is 5.73 Å². The van der Waals surface area contributed by atoms with Crippen LogP contribution in [0.15, 0.2) is 24.3 Å². The summed E-state index contributed by atoms with van der Waals surface area (Å²) in [5, 5.41) is 9.76. The molecule has 3 N–H and O–H groups in total. The zero-order valence-electron chi connectivity index (χ0n) is 11.5. The second kappa shape index (κ2) is 7.82. The molecule has 0 amide bonds. The van der Waals surface area contributed by atoms with Crippen molar-refractivity contribution in [2.75, 3.05) is 12.3 Å². The van der Waals surface area contributed by atoms with Crippen LogP contribution in [0.3, 0.4) is 0 Å². The first-order valence-electron chi connectivity index (χ1n) is 6.59. The van der Waals surface area contributed by atoms with E-state index in [2.05, 4.69) is 31.2 Å². The van der Waals surface area contributed by atoms with Crippen LogP contribution in [0, 0.1) is 6.92 Å². The molecular formula is C15H25NOS. The molecular weight excluding hydrogens is 242 g/mol. The third-order valence-electron chi connectivity index (χ3n) is 3.04. The number of benzene rings is 1. The van der Waals surface area contributed by atoms with Crippen molar-refractivity contribution in [1.29, 1.82) is 0 Å². The molecule has 18 heavy (non-hydrogen) atoms. The minimum atomic E-state index is -0.679. The van der Waals surface area contributed by atoms with E-state index in [-0.39, 0.29) is 0 Å². The molecule has 0 fully saturated rings. The molecule has 1 rings (SSSR count). The quantitative estimate of drug-likeness (QED) is 0.711. The van der Waals surface area contributed by atoms with Crippen LogP contribution in [0.2, 0.25) is 0 Å². The first kappa shape index (κ1) is 15.5. The van der Waals surface area contributed by atoms with E-state index in [1.165, 1.54) is 11.1 Å². The van der Waals surface area contributed by atoms with Crippen molar-refractivity contribution in [1.82, 2.24) is 0 Å². The number of unbranched alkanes of at least 4 members (excludes halogenated alkanes) is 1. The maximum absolute atomic E-state index is 9.76. The highest BCUT2D eigenvalue weighted by Gasteiger charge is 2.16. The first-order chi connectivity index (χ1) is 8.53. The van der Waals surface area contributed by atoms with Gasteiger partial charge in [-0.3, -0.25) is 0 Å². The Labute approximate surface area is 115 Å². The summed E-state index contributed by atoms with van der Waals surface area (Å²) >= 11 is 1.96. The van der Waals surface area contributed by atoms with Gasteiger partial charge in [0.15, 0.2) is 0 Å². The van der Waals surface area contributed by atoms with E-state index in [1.54, 1.807) is 0 Å². The molecule has 0 aliphatic carbocycles. The fourth-order valence-electron chi connectivity index (χ4n) is 1.80. The zero-order valence-corrected chi connectivity index (χ0v) is 12.3. The van der Waals surface area contributed by atoms with Crippen LogP contribution in [0.25, 0.3) is 0 Å². The van der Waals surface area contributed by atoms with Gasteiger partial charge in [-0.25, -0.2) is 0 Å². The summed E-state index contributed by atoms with van der Waals surface area (Å²) in [6.07, 6.45) is 2.99. The number of nitrogens with two attached hydrogens (primary N) is 1. The second-order valence-electron chi connectivity index (χ2n) is 5.20. The maximum Gasteiger partial charge on any atom is 0.0741 e. The Hall–Kier alpha value is -0.510. The van der Waals surface area contributed by atoms with Gasteiger partial charge in [-0.05, 0) is 44.4 Å². The number of hydrogen-bond acceptors (Lipinski definition) is 3. The maximum atomic E-state index is 9.76. The van der Waals surface area contributed by atoms with Crippen LogP contribution in [0.1, 0.15) is 37.3 Å². The number of aryl methyl sites for hydroxylation is 1. The lowest BCUT2D eigenvalue weighted by Crippen LogP contribution is -2.33. The van der Waals surface area contributed by atoms with Gasteiger partial charge in [0.2, 0.25) is 0 Å². The monoisotopic (exact) mass is 267 g/mol. The molecule has 0 saturated heterocycles. The van der Waals surface area contributed by atoms with Crippen LogP contribution in [-0.4, -0.2) is 23.0 Å². The van der Waals surface area contributed by atoms with Crippen LogP contribution in [-0.2, 0) is 5.75 Å². The van der Waals surface area contributed by atoms with Crippen LogP contribution in [0.4, 0.5) is 0 Å². The molecule has 0 radical (unpaired) electrons. The highest BCUT2D eigenvalue weighted by molar-refractivity contribution is 7.98. The lowest BCUT2D eigenvalue weighted by molar-refractivity contribution is 0.0577. The van der Waals surface area contributed by atoms with Gasteiger partial charge in [0.25, 0.3) is 0 Å². The molecule has 1 aromatic carbocycles. The molecule has 0 heterocycles. The van der Waals surface area contributed by atoms with Crippen LogP contribution >= 0.6 is 11.8 Å². The van der Waals surface area contributed by atoms with Gasteiger partial charge in [-0.2, -0.15) is 11.8 Å². The zero-order chi connectivity index (χ0) is 13.4. The average molecular weight is 267 g/mol. The van der Waals surface area contributed by atoms with Crippen LogP contribution < -0.4 is 5.73 Å². The van der Waals surface area contributed by atoms with Crippen molar-refractivity contribution >= 4 is 11.8 Å². The topological polar surface area (TPSA) is 46.2 Å². The molecule has 3 heteroatoms. The summed E-state index contributed by atoms with van der Waals surface area (Å²) in [4.78, 5) is 0. The standard InChI is InChI=1S/C15H25NOS/c1-13-6-5-7-14(10-13)11-18-9-4-3-8-15(2,17)12-16/h5-7,10,17H,3-4,8-9,11-12,16H2,1-2H3. The summed E-state index contributed by atoms with van der Waals surface area (Å²) in [6.45, 7) is 4.29. The lowest BCUT2D eigenvalue weighted by atomic mass is 10.00. The molecule has 1 aromatic rings. The molecule has 0 bridgehead atoms. The summed E-state index contributed by atoms with van der Waals surface area (Å²) in [7, 11) is 0. The van der Waals surface area contributed by atoms with Gasteiger partial charge in [-0.15, -0.1) is 0 Å². The number of rotatable bonds is 8. The molecule has 0 spiro atoms. The predicted octanol–water partition coefficient (Wildman–Crippen LogP) is 3.11. The predicted molar refractivity (Wildman–Crippen MR) is 80.9 cm³/mol. The van der Waals surface area contributed by atoms with Gasteiger partial charge >= 0.3 is 0 Å². The fraction of sp³-hybridized carbons (Fsp3) is 0.600. The summed E-state index contributed by atoms with van der Waals surface area (Å²) in [5.41, 5.74) is 7.53. The highest BCUT2D eigenvalue weighted by Crippen LogP contribution is 2.17. The van der Waals surface area contributed by atoms with Crippen molar-refractivity contribution in [3.05, 3.63) is 35.4 Å². The Kier molecular flexibility index (Phi) is 6.76. The fourth-order valence-corrected chi connectivity index (χ4v) is 2.77. The van der Waals surface area contributed by atoms with Crippen molar-refractivity contribution in [3.8, 4) is 0 Å². The van der Waals surface area contributed by atoms with Gasteiger partial charge in [0, 0.05) is 12.3 Å². The molecule has 1 atom stereocenters. The summed E-state index contributed by atoms with van der Waals surface area (Å²) < 4.78 is 0. The Balaban J connectivity index is 2.09. The van der Waals surface area contributed by atoms with Crippen molar-refractivity contribution in [2.45, 2.75) is 44.5 Å². The van der Waals surface area contributed by atoms with Gasteiger partial charge in [0.05, 0.1) is 5.60 Å². The Morgan fingerprint density at radius 3 is 2.78 bits per heavy atom. The van der Waals surface area contributed by atoms with Gasteiger partial charge in [-0.1, -0.05) is 29.8 Å². The SMILES string of the molecule is Cc1cccc(CSCCCCC(C)(O)CN)c1. The van der Waals surface area contributed by atoms with Crippen molar-refractivity contribution in [2.24, 2.45) is 5.73 Å². The number of hydrogen-bond donors (Lipinski definition) is 2. The Morgan fingerprint density at radius 2 is 2.11 bits per heavy atom. The number of aliphatic hydroxyl groups is 1. The third kappa shape index (κ3) is 6.43. The summed E-state index contributed by atoms with van der Waals surface area (Å²) in [5.74, 6) is 2.23. The second-order valence-corrected chi connectivity index (χ2v) is 6.30. The number of thioether (sulfide) groups is 1. The summed E-state index contributed by atoms with van der Waals surface area (Å²) in [6, 6.07) is 8.66. The first-order valence-corrected chi connectivity index (χ1v) is 7.75. The largest absolute Gasteiger partial charge is 0.389 e. The molecule has 1 unspecified atom stereocenters. The third-order valence-corrected chi connectivity index (χ3v) is 4.16. The smallest absolute Gasteiger partial charge is 0.0741 e. The highest BCUT2D eigenvalue weighted by atomic mass is 32.2. The van der Waals surface area contributed by atoms with Gasteiger partial charge in [0.1, 0.15) is 0 Å². The Morgan fingerprint density at radius 1 is 1.33 bits per heavy atom. The Bertz CT molecular complexity index is 352. The minimum absolute atomic E-state index is 0.351. The molecule has 0 aromatic heterocycles. The van der Waals surface area contributed by atoms with Crippen LogP contribution in [0.5, 0.6) is 0 Å². The molecule has 0 saturated carbocycles. The van der Waals surface area contributed by atoms with E-state index in [1.807, 2.05) is 18.7 Å². The normalized spacial score (nSPS) is 14.4. The van der Waals surface area contributed by atoms with E-state index in [0.29, 0.717) is 6.54 Å². The molecule has 0 aliphatic heterocycles. The lowest BCUT2D eigenvalue weighted by Gasteiger charge is -2.20. The van der Waals surface area contributed by atoms with Gasteiger partial charge < -0.3 is 10.8 Å². The molecule has 0 aliphatic rings. The van der Waals surface area contributed by atoms with E-state index in [9.17, 15) is 5.11 Å². The minimum Gasteiger partial charge on any atom is -0.389 e.